The van der Waals surface area contributed by atoms with Gasteiger partial charge in [-0.25, -0.2) is 9.97 Å². The van der Waals surface area contributed by atoms with Gasteiger partial charge in [-0.2, -0.15) is 5.10 Å². The number of nitrogens with zero attached hydrogens (tertiary/aromatic N) is 3. The summed E-state index contributed by atoms with van der Waals surface area (Å²) >= 11 is 1.59. The van der Waals surface area contributed by atoms with Crippen LogP contribution in [0.5, 0.6) is 0 Å². The SMILES string of the molecule is CC(C)(C)c1csc(-c2ncn[nH]2)n1. The van der Waals surface area contributed by atoms with E-state index in [1.807, 2.05) is 0 Å². The molecule has 0 saturated heterocycles. The van der Waals surface area contributed by atoms with Crippen molar-refractivity contribution in [2.45, 2.75) is 26.2 Å². The summed E-state index contributed by atoms with van der Waals surface area (Å²) in [7, 11) is 0. The van der Waals surface area contributed by atoms with Crippen LogP contribution < -0.4 is 0 Å². The van der Waals surface area contributed by atoms with Gasteiger partial charge in [-0.15, -0.1) is 11.3 Å². The van der Waals surface area contributed by atoms with Crippen molar-refractivity contribution in [1.29, 1.82) is 0 Å². The molecule has 0 spiro atoms. The van der Waals surface area contributed by atoms with Crippen LogP contribution in [0.2, 0.25) is 0 Å². The molecule has 0 atom stereocenters. The number of aromatic nitrogens is 4. The molecule has 0 aliphatic rings. The Morgan fingerprint density at radius 2 is 2.14 bits per heavy atom. The number of thiazole rings is 1. The predicted molar refractivity (Wildman–Crippen MR) is 56.2 cm³/mol. The van der Waals surface area contributed by atoms with E-state index >= 15 is 0 Å². The second-order valence-electron chi connectivity index (χ2n) is 4.12. The molecule has 2 heterocycles. The van der Waals surface area contributed by atoms with Crippen molar-refractivity contribution in [3.05, 3.63) is 17.4 Å². The van der Waals surface area contributed by atoms with E-state index in [-0.39, 0.29) is 5.41 Å². The number of aromatic amines is 1. The summed E-state index contributed by atoms with van der Waals surface area (Å²) in [6.07, 6.45) is 1.49. The van der Waals surface area contributed by atoms with Gasteiger partial charge in [0.2, 0.25) is 0 Å². The van der Waals surface area contributed by atoms with Gasteiger partial charge in [0.15, 0.2) is 10.8 Å². The average Bonchev–Trinajstić information content (AvgIpc) is 2.73. The van der Waals surface area contributed by atoms with E-state index in [0.29, 0.717) is 0 Å². The van der Waals surface area contributed by atoms with Gasteiger partial charge in [0.05, 0.1) is 5.69 Å². The van der Waals surface area contributed by atoms with Crippen LogP contribution in [0.15, 0.2) is 11.7 Å². The fraction of sp³-hybridized carbons (Fsp3) is 0.444. The number of H-pyrrole nitrogens is 1. The van der Waals surface area contributed by atoms with Crippen LogP contribution in [0.1, 0.15) is 26.5 Å². The summed E-state index contributed by atoms with van der Waals surface area (Å²) in [6, 6.07) is 0. The number of rotatable bonds is 1. The van der Waals surface area contributed by atoms with Gasteiger partial charge in [-0.3, -0.25) is 5.10 Å². The third kappa shape index (κ3) is 1.68. The first-order chi connectivity index (χ1) is 6.57. The molecule has 2 aromatic rings. The minimum Gasteiger partial charge on any atom is -0.257 e. The van der Waals surface area contributed by atoms with E-state index in [1.54, 1.807) is 11.3 Å². The van der Waals surface area contributed by atoms with Crippen LogP contribution in [0.3, 0.4) is 0 Å². The Balaban J connectivity index is 2.36. The van der Waals surface area contributed by atoms with Crippen LogP contribution in [0.25, 0.3) is 10.8 Å². The quantitative estimate of drug-likeness (QED) is 0.781. The number of nitrogens with one attached hydrogen (secondary N) is 1. The molecule has 5 heteroatoms. The molecule has 0 saturated carbocycles. The Labute approximate surface area is 86.4 Å². The maximum Gasteiger partial charge on any atom is 0.184 e. The van der Waals surface area contributed by atoms with Crippen molar-refractivity contribution in [2.75, 3.05) is 0 Å². The van der Waals surface area contributed by atoms with Gasteiger partial charge in [0.25, 0.3) is 0 Å². The molecule has 0 fully saturated rings. The van der Waals surface area contributed by atoms with E-state index in [0.717, 1.165) is 16.5 Å². The highest BCUT2D eigenvalue weighted by Gasteiger charge is 2.18. The summed E-state index contributed by atoms with van der Waals surface area (Å²) in [6.45, 7) is 6.44. The third-order valence-electron chi connectivity index (χ3n) is 1.89. The molecule has 0 amide bonds. The van der Waals surface area contributed by atoms with Crippen LogP contribution >= 0.6 is 11.3 Å². The fourth-order valence-corrected chi connectivity index (χ4v) is 2.03. The van der Waals surface area contributed by atoms with Crippen molar-refractivity contribution < 1.29 is 0 Å². The van der Waals surface area contributed by atoms with Gasteiger partial charge in [-0.05, 0) is 0 Å². The molecule has 2 rings (SSSR count). The molecule has 0 unspecified atom stereocenters. The molecule has 1 N–H and O–H groups in total. The highest BCUT2D eigenvalue weighted by Crippen LogP contribution is 2.27. The summed E-state index contributed by atoms with van der Waals surface area (Å²) in [4.78, 5) is 8.57. The molecule has 14 heavy (non-hydrogen) atoms. The largest absolute Gasteiger partial charge is 0.257 e. The van der Waals surface area contributed by atoms with Crippen molar-refractivity contribution in [1.82, 2.24) is 20.2 Å². The zero-order valence-electron chi connectivity index (χ0n) is 8.40. The smallest absolute Gasteiger partial charge is 0.184 e. The molecule has 0 radical (unpaired) electrons. The Bertz CT molecular complexity index is 410. The average molecular weight is 208 g/mol. The van der Waals surface area contributed by atoms with Gasteiger partial charge < -0.3 is 0 Å². The van der Waals surface area contributed by atoms with Crippen LogP contribution in [0.4, 0.5) is 0 Å². The highest BCUT2D eigenvalue weighted by molar-refractivity contribution is 7.13. The first-order valence-corrected chi connectivity index (χ1v) is 5.27. The monoisotopic (exact) mass is 208 g/mol. The standard InChI is InChI=1S/C9H12N4S/c1-9(2,3)6-4-14-8(12-6)7-10-5-11-13-7/h4-5H,1-3H3,(H,10,11,13). The molecule has 0 bridgehead atoms. The number of hydrogen-bond donors (Lipinski definition) is 1. The van der Waals surface area contributed by atoms with Crippen molar-refractivity contribution in [3.63, 3.8) is 0 Å². The van der Waals surface area contributed by atoms with E-state index in [9.17, 15) is 0 Å². The second kappa shape index (κ2) is 3.16. The lowest BCUT2D eigenvalue weighted by molar-refractivity contribution is 0.573. The first-order valence-electron chi connectivity index (χ1n) is 4.39. The molecule has 2 aromatic heterocycles. The third-order valence-corrected chi connectivity index (χ3v) is 2.74. The van der Waals surface area contributed by atoms with Crippen LogP contribution in [-0.4, -0.2) is 20.2 Å². The van der Waals surface area contributed by atoms with E-state index < -0.39 is 0 Å². The van der Waals surface area contributed by atoms with Gasteiger partial charge in [0, 0.05) is 10.8 Å². The zero-order chi connectivity index (χ0) is 10.2. The normalized spacial score (nSPS) is 11.9. The molecule has 0 aliphatic heterocycles. The Morgan fingerprint density at radius 1 is 1.36 bits per heavy atom. The molecule has 74 valence electrons. The Morgan fingerprint density at radius 3 is 2.64 bits per heavy atom. The van der Waals surface area contributed by atoms with Crippen molar-refractivity contribution in [3.8, 4) is 10.8 Å². The lowest BCUT2D eigenvalue weighted by Crippen LogP contribution is -2.11. The zero-order valence-corrected chi connectivity index (χ0v) is 9.22. The van der Waals surface area contributed by atoms with Gasteiger partial charge in [-0.1, -0.05) is 20.8 Å². The highest BCUT2D eigenvalue weighted by atomic mass is 32.1. The minimum atomic E-state index is 0.0920. The maximum absolute atomic E-state index is 4.51. The van der Waals surface area contributed by atoms with E-state index in [1.165, 1.54) is 6.33 Å². The fourth-order valence-electron chi connectivity index (χ4n) is 1.04. The summed E-state index contributed by atoms with van der Waals surface area (Å²) < 4.78 is 0. The first kappa shape index (κ1) is 9.33. The minimum absolute atomic E-state index is 0.0920. The van der Waals surface area contributed by atoms with Crippen LogP contribution in [-0.2, 0) is 5.41 Å². The van der Waals surface area contributed by atoms with E-state index in [2.05, 4.69) is 46.3 Å². The summed E-state index contributed by atoms with van der Waals surface area (Å²) in [5.74, 6) is 0.741. The lowest BCUT2D eigenvalue weighted by atomic mass is 9.93. The summed E-state index contributed by atoms with van der Waals surface area (Å²) in [5, 5.41) is 9.57. The van der Waals surface area contributed by atoms with Gasteiger partial charge >= 0.3 is 0 Å². The maximum atomic E-state index is 4.51. The van der Waals surface area contributed by atoms with Crippen molar-refractivity contribution in [2.24, 2.45) is 0 Å². The second-order valence-corrected chi connectivity index (χ2v) is 4.98. The van der Waals surface area contributed by atoms with E-state index in [4.69, 9.17) is 0 Å². The molecule has 0 aliphatic carbocycles. The molecule has 4 nitrogen and oxygen atoms in total. The Hall–Kier alpha value is -1.23. The Kier molecular flexibility index (Phi) is 2.11. The molecular weight excluding hydrogens is 196 g/mol. The molecule has 0 aromatic carbocycles. The topological polar surface area (TPSA) is 54.5 Å². The predicted octanol–water partition coefficient (Wildman–Crippen LogP) is 2.23. The lowest BCUT2D eigenvalue weighted by Gasteiger charge is -2.13. The van der Waals surface area contributed by atoms with Crippen molar-refractivity contribution >= 4 is 11.3 Å². The van der Waals surface area contributed by atoms with Crippen LogP contribution in [0, 0.1) is 0 Å². The number of hydrogen-bond acceptors (Lipinski definition) is 4. The summed E-state index contributed by atoms with van der Waals surface area (Å²) in [5.41, 5.74) is 1.18. The van der Waals surface area contributed by atoms with Gasteiger partial charge in [0.1, 0.15) is 6.33 Å². The molecular formula is C9H12N4S.